The summed E-state index contributed by atoms with van der Waals surface area (Å²) in [6.07, 6.45) is -2.76. The van der Waals surface area contributed by atoms with E-state index in [0.717, 1.165) is 12.1 Å². The number of hydrogen-bond donors (Lipinski definition) is 1. The van der Waals surface area contributed by atoms with Crippen molar-refractivity contribution in [3.8, 4) is 17.0 Å². The van der Waals surface area contributed by atoms with Crippen molar-refractivity contribution in [3.63, 3.8) is 0 Å². The Balaban J connectivity index is 1.58. The molecule has 0 saturated heterocycles. The Morgan fingerprint density at radius 3 is 2.53 bits per heavy atom. The van der Waals surface area contributed by atoms with Gasteiger partial charge in [0.2, 0.25) is 0 Å². The maximum Gasteiger partial charge on any atom is 0.416 e. The van der Waals surface area contributed by atoms with Crippen molar-refractivity contribution >= 4 is 15.8 Å². The predicted molar refractivity (Wildman–Crippen MR) is 131 cm³/mol. The molecule has 0 radical (unpaired) electrons. The lowest BCUT2D eigenvalue weighted by Crippen LogP contribution is -2.19. The molecule has 1 N–H and O–H groups in total. The van der Waals surface area contributed by atoms with Gasteiger partial charge in [0.25, 0.3) is 10.0 Å². The van der Waals surface area contributed by atoms with Gasteiger partial charge in [-0.1, -0.05) is 12.1 Å². The smallest absolute Gasteiger partial charge is 0.416 e. The molecule has 0 bridgehead atoms. The highest BCUT2D eigenvalue weighted by molar-refractivity contribution is 7.92. The SMILES string of the molecule is Cc1nc(-c2cc(C(F)(F)F)ccc2[C@H]2CCOc3cc(S(=O)(=O)Nc4cccnn4)ccc32)ccc1F. The molecule has 1 aliphatic heterocycles. The van der Waals surface area contributed by atoms with Gasteiger partial charge < -0.3 is 4.74 Å². The third-order valence-corrected chi connectivity index (χ3v) is 7.55. The summed E-state index contributed by atoms with van der Waals surface area (Å²) < 4.78 is 88.5. The number of alkyl halides is 3. The van der Waals surface area contributed by atoms with Crippen molar-refractivity contribution in [2.75, 3.05) is 11.3 Å². The fourth-order valence-electron chi connectivity index (χ4n) is 4.36. The Hall–Kier alpha value is -4.06. The average molecular weight is 545 g/mol. The van der Waals surface area contributed by atoms with Gasteiger partial charge in [0.1, 0.15) is 11.6 Å². The average Bonchev–Trinajstić information content (AvgIpc) is 2.89. The van der Waals surface area contributed by atoms with Crippen LogP contribution < -0.4 is 9.46 Å². The van der Waals surface area contributed by atoms with E-state index < -0.39 is 33.5 Å². The van der Waals surface area contributed by atoms with E-state index in [-0.39, 0.29) is 40.0 Å². The topological polar surface area (TPSA) is 94.1 Å². The number of halogens is 4. The molecule has 7 nitrogen and oxygen atoms in total. The Morgan fingerprint density at radius 1 is 1.03 bits per heavy atom. The molecule has 2 aromatic carbocycles. The highest BCUT2D eigenvalue weighted by atomic mass is 32.2. The summed E-state index contributed by atoms with van der Waals surface area (Å²) in [6, 6.07) is 13.2. The minimum atomic E-state index is -4.59. The number of hydrogen-bond acceptors (Lipinski definition) is 6. The van der Waals surface area contributed by atoms with Gasteiger partial charge in [-0.25, -0.2) is 12.8 Å². The third kappa shape index (κ3) is 5.03. The number of pyridine rings is 1. The first-order valence-corrected chi connectivity index (χ1v) is 12.9. The van der Waals surface area contributed by atoms with Crippen LogP contribution in [0.3, 0.4) is 0 Å². The number of fused-ring (bicyclic) bond motifs is 1. The largest absolute Gasteiger partial charge is 0.493 e. The summed E-state index contributed by atoms with van der Waals surface area (Å²) in [5.74, 6) is -0.659. The standard InChI is InChI=1S/C26H20F4N4O3S/c1-15-22(27)8-9-23(32-15)21-13-16(26(28,29)30)4-6-18(21)19-10-12-37-24-14-17(5-7-20(19)24)38(35,36)34-25-3-2-11-31-33-25/h2-9,11,13-14,19H,10,12H2,1H3,(H,33,34)/t19-/m1/s1. The summed E-state index contributed by atoms with van der Waals surface area (Å²) in [4.78, 5) is 4.11. The van der Waals surface area contributed by atoms with Crippen LogP contribution in [0.2, 0.25) is 0 Å². The Bertz CT molecular complexity index is 1610. The zero-order valence-corrected chi connectivity index (χ0v) is 20.6. The number of aryl methyl sites for hydroxylation is 1. The van der Waals surface area contributed by atoms with Gasteiger partial charge in [-0.3, -0.25) is 9.71 Å². The molecule has 0 unspecified atom stereocenters. The first kappa shape index (κ1) is 25.6. The van der Waals surface area contributed by atoms with Crippen LogP contribution in [0.1, 0.15) is 34.7 Å². The van der Waals surface area contributed by atoms with E-state index in [1.54, 1.807) is 6.07 Å². The van der Waals surface area contributed by atoms with E-state index >= 15 is 0 Å². The molecular formula is C26H20F4N4O3S. The fourth-order valence-corrected chi connectivity index (χ4v) is 5.38. The maximum absolute atomic E-state index is 13.9. The molecular weight excluding hydrogens is 524 g/mol. The van der Waals surface area contributed by atoms with Crippen molar-refractivity contribution in [1.29, 1.82) is 0 Å². The van der Waals surface area contributed by atoms with Crippen molar-refractivity contribution in [3.05, 3.63) is 95.1 Å². The highest BCUT2D eigenvalue weighted by Crippen LogP contribution is 2.44. The normalized spacial score (nSPS) is 15.4. The van der Waals surface area contributed by atoms with E-state index in [0.29, 0.717) is 17.5 Å². The van der Waals surface area contributed by atoms with E-state index in [1.807, 2.05) is 0 Å². The first-order valence-electron chi connectivity index (χ1n) is 11.4. The molecule has 12 heteroatoms. The van der Waals surface area contributed by atoms with Gasteiger partial charge in [-0.2, -0.15) is 18.3 Å². The number of rotatable bonds is 5. The van der Waals surface area contributed by atoms with Gasteiger partial charge in [0.05, 0.1) is 28.5 Å². The summed E-state index contributed by atoms with van der Waals surface area (Å²) in [5.41, 5.74) is 0.753. The number of aromatic nitrogens is 3. The van der Waals surface area contributed by atoms with Crippen LogP contribution >= 0.6 is 0 Å². The second-order valence-electron chi connectivity index (χ2n) is 8.67. The Labute approximate surface area is 215 Å². The van der Waals surface area contributed by atoms with Crippen molar-refractivity contribution in [1.82, 2.24) is 15.2 Å². The second kappa shape index (κ2) is 9.67. The van der Waals surface area contributed by atoms with Gasteiger partial charge in [0, 0.05) is 29.3 Å². The molecule has 1 aliphatic rings. The molecule has 0 saturated carbocycles. The van der Waals surface area contributed by atoms with Crippen LogP contribution in [0, 0.1) is 12.7 Å². The van der Waals surface area contributed by atoms with Crippen LogP contribution in [0.5, 0.6) is 5.75 Å². The number of anilines is 1. The predicted octanol–water partition coefficient (Wildman–Crippen LogP) is 5.72. The molecule has 0 fully saturated rings. The van der Waals surface area contributed by atoms with Gasteiger partial charge in [-0.05, 0) is 61.4 Å². The van der Waals surface area contributed by atoms with Crippen LogP contribution in [0.25, 0.3) is 11.3 Å². The minimum absolute atomic E-state index is 0.0421. The van der Waals surface area contributed by atoms with Crippen LogP contribution in [0.4, 0.5) is 23.4 Å². The van der Waals surface area contributed by atoms with Crippen LogP contribution in [-0.2, 0) is 16.2 Å². The Morgan fingerprint density at radius 2 is 1.82 bits per heavy atom. The minimum Gasteiger partial charge on any atom is -0.493 e. The lowest BCUT2D eigenvalue weighted by Gasteiger charge is -2.28. The quantitative estimate of drug-likeness (QED) is 0.323. The first-order chi connectivity index (χ1) is 18.0. The second-order valence-corrected chi connectivity index (χ2v) is 10.3. The van der Waals surface area contributed by atoms with Gasteiger partial charge in [0.15, 0.2) is 5.82 Å². The van der Waals surface area contributed by atoms with E-state index in [2.05, 4.69) is 19.9 Å². The van der Waals surface area contributed by atoms with Gasteiger partial charge in [-0.15, -0.1) is 5.10 Å². The highest BCUT2D eigenvalue weighted by Gasteiger charge is 2.33. The van der Waals surface area contributed by atoms with E-state index in [4.69, 9.17) is 4.74 Å². The van der Waals surface area contributed by atoms with E-state index in [1.165, 1.54) is 55.6 Å². The number of ether oxygens (including phenoxy) is 1. The van der Waals surface area contributed by atoms with Crippen LogP contribution in [0.15, 0.2) is 71.8 Å². The number of nitrogens with one attached hydrogen (secondary N) is 1. The monoisotopic (exact) mass is 544 g/mol. The zero-order valence-electron chi connectivity index (χ0n) is 19.8. The molecule has 0 amide bonds. The van der Waals surface area contributed by atoms with Crippen molar-refractivity contribution in [2.45, 2.75) is 30.3 Å². The number of sulfonamides is 1. The fraction of sp³-hybridized carbons (Fsp3) is 0.192. The zero-order chi connectivity index (χ0) is 27.1. The summed E-state index contributed by atoms with van der Waals surface area (Å²) in [6.45, 7) is 1.64. The lowest BCUT2D eigenvalue weighted by molar-refractivity contribution is -0.137. The number of benzene rings is 2. The molecule has 196 valence electrons. The molecule has 4 aromatic rings. The summed E-state index contributed by atoms with van der Waals surface area (Å²) >= 11 is 0. The van der Waals surface area contributed by atoms with Crippen molar-refractivity contribution < 1.29 is 30.7 Å². The number of nitrogens with zero attached hydrogens (tertiary/aromatic N) is 3. The van der Waals surface area contributed by atoms with Crippen molar-refractivity contribution in [2.24, 2.45) is 0 Å². The molecule has 0 spiro atoms. The summed E-state index contributed by atoms with van der Waals surface area (Å²) in [7, 11) is -4.01. The Kier molecular flexibility index (Phi) is 6.51. The maximum atomic E-state index is 13.9. The lowest BCUT2D eigenvalue weighted by atomic mass is 9.82. The molecule has 38 heavy (non-hydrogen) atoms. The third-order valence-electron chi connectivity index (χ3n) is 6.20. The van der Waals surface area contributed by atoms with E-state index in [9.17, 15) is 26.0 Å². The summed E-state index contributed by atoms with van der Waals surface area (Å²) in [5, 5.41) is 7.37. The molecule has 1 atom stereocenters. The molecule has 0 aliphatic carbocycles. The van der Waals surface area contributed by atoms with Gasteiger partial charge >= 0.3 is 6.18 Å². The van der Waals surface area contributed by atoms with Crippen LogP contribution in [-0.4, -0.2) is 30.2 Å². The molecule has 5 rings (SSSR count). The molecule has 2 aromatic heterocycles. The molecule has 3 heterocycles.